The van der Waals surface area contributed by atoms with Crippen LogP contribution in [0.25, 0.3) is 0 Å². The van der Waals surface area contributed by atoms with Gasteiger partial charge in [-0.3, -0.25) is 0 Å². The zero-order valence-corrected chi connectivity index (χ0v) is 6.11. The Labute approximate surface area is 59.7 Å². The molecule has 0 saturated carbocycles. The van der Waals surface area contributed by atoms with Crippen LogP contribution in [0.4, 0.5) is 4.39 Å². The van der Waals surface area contributed by atoms with Crippen LogP contribution in [0, 0.1) is 5.92 Å². The zero-order chi connectivity index (χ0) is 6.85. The molecule has 0 N–H and O–H groups in total. The molecule has 0 aromatic carbocycles. The molecular formula is C7H10ClF. The van der Waals surface area contributed by atoms with Crippen molar-refractivity contribution in [1.82, 2.24) is 0 Å². The van der Waals surface area contributed by atoms with Crippen molar-refractivity contribution >= 4 is 11.6 Å². The van der Waals surface area contributed by atoms with E-state index in [2.05, 4.69) is 0 Å². The molecule has 1 aliphatic carbocycles. The lowest BCUT2D eigenvalue weighted by atomic mass is 9.94. The van der Waals surface area contributed by atoms with E-state index in [1.54, 1.807) is 6.08 Å². The maximum Gasteiger partial charge on any atom is 0.122 e. The first-order valence-corrected chi connectivity index (χ1v) is 3.60. The van der Waals surface area contributed by atoms with Gasteiger partial charge in [0.05, 0.1) is 0 Å². The lowest BCUT2D eigenvalue weighted by molar-refractivity contribution is 0.279. The molecule has 1 rings (SSSR count). The molecule has 0 heterocycles. The molecule has 52 valence electrons. The van der Waals surface area contributed by atoms with E-state index in [-0.39, 0.29) is 11.3 Å². The van der Waals surface area contributed by atoms with Gasteiger partial charge in [0.1, 0.15) is 6.17 Å². The van der Waals surface area contributed by atoms with Gasteiger partial charge in [-0.25, -0.2) is 4.39 Å². The highest BCUT2D eigenvalue weighted by Gasteiger charge is 2.24. The summed E-state index contributed by atoms with van der Waals surface area (Å²) in [4.78, 5) is 0. The normalized spacial score (nSPS) is 43.2. The minimum Gasteiger partial charge on any atom is -0.243 e. The molecule has 0 saturated heterocycles. The second kappa shape index (κ2) is 2.70. The van der Waals surface area contributed by atoms with Crippen molar-refractivity contribution in [2.24, 2.45) is 5.92 Å². The Balaban J connectivity index is 2.58. The molecule has 0 aromatic rings. The monoisotopic (exact) mass is 148 g/mol. The van der Waals surface area contributed by atoms with Gasteiger partial charge < -0.3 is 0 Å². The lowest BCUT2D eigenvalue weighted by Gasteiger charge is -2.22. The molecule has 0 radical (unpaired) electrons. The van der Waals surface area contributed by atoms with Gasteiger partial charge in [-0.1, -0.05) is 19.1 Å². The minimum atomic E-state index is -0.832. The number of alkyl halides is 2. The number of allylic oxidation sites excluding steroid dienone is 2. The van der Waals surface area contributed by atoms with Crippen molar-refractivity contribution < 1.29 is 4.39 Å². The summed E-state index contributed by atoms with van der Waals surface area (Å²) in [7, 11) is 0. The SMILES string of the molecule is C[C@@H]1C(F)C=CCC1Cl. The first kappa shape index (κ1) is 7.07. The molecule has 3 atom stereocenters. The number of rotatable bonds is 0. The van der Waals surface area contributed by atoms with Crippen LogP contribution >= 0.6 is 11.6 Å². The highest BCUT2D eigenvalue weighted by Crippen LogP contribution is 2.25. The van der Waals surface area contributed by atoms with E-state index >= 15 is 0 Å². The van der Waals surface area contributed by atoms with Gasteiger partial charge in [0, 0.05) is 11.3 Å². The van der Waals surface area contributed by atoms with Crippen LogP contribution in [-0.2, 0) is 0 Å². The fraction of sp³-hybridized carbons (Fsp3) is 0.714. The third-order valence-electron chi connectivity index (χ3n) is 1.75. The Morgan fingerprint density at radius 1 is 1.67 bits per heavy atom. The van der Waals surface area contributed by atoms with Gasteiger partial charge in [-0.05, 0) is 6.42 Å². The molecular weight excluding hydrogens is 139 g/mol. The standard InChI is InChI=1S/C7H10ClF/c1-5-6(8)3-2-4-7(5)9/h2,4-7H,3H2,1H3/t5-,6?,7?/m0/s1. The molecule has 2 unspecified atom stereocenters. The van der Waals surface area contributed by atoms with Crippen molar-refractivity contribution in [3.05, 3.63) is 12.2 Å². The Hall–Kier alpha value is -0.0400. The van der Waals surface area contributed by atoms with E-state index in [1.807, 2.05) is 13.0 Å². The molecule has 0 amide bonds. The third-order valence-corrected chi connectivity index (χ3v) is 2.33. The lowest BCUT2D eigenvalue weighted by Crippen LogP contribution is -2.23. The average molecular weight is 149 g/mol. The van der Waals surface area contributed by atoms with Crippen LogP contribution in [0.2, 0.25) is 0 Å². The molecule has 2 heteroatoms. The summed E-state index contributed by atoms with van der Waals surface area (Å²) < 4.78 is 12.7. The summed E-state index contributed by atoms with van der Waals surface area (Å²) in [5.74, 6) is -0.0170. The number of halogens is 2. The van der Waals surface area contributed by atoms with Gasteiger partial charge in [0.15, 0.2) is 0 Å². The maximum atomic E-state index is 12.7. The Kier molecular flexibility index (Phi) is 2.12. The van der Waals surface area contributed by atoms with E-state index in [0.29, 0.717) is 0 Å². The van der Waals surface area contributed by atoms with Crippen molar-refractivity contribution in [3.63, 3.8) is 0 Å². The number of hydrogen-bond donors (Lipinski definition) is 0. The molecule has 0 fully saturated rings. The van der Waals surface area contributed by atoms with Gasteiger partial charge in [-0.2, -0.15) is 0 Å². The fourth-order valence-corrected chi connectivity index (χ4v) is 1.17. The highest BCUT2D eigenvalue weighted by atomic mass is 35.5. The molecule has 9 heavy (non-hydrogen) atoms. The van der Waals surface area contributed by atoms with Crippen LogP contribution < -0.4 is 0 Å². The molecule has 0 nitrogen and oxygen atoms in total. The summed E-state index contributed by atoms with van der Waals surface area (Å²) >= 11 is 5.77. The quantitative estimate of drug-likeness (QED) is 0.366. The third kappa shape index (κ3) is 1.45. The second-order valence-corrected chi connectivity index (χ2v) is 3.04. The summed E-state index contributed by atoms with van der Waals surface area (Å²) in [5.41, 5.74) is 0. The highest BCUT2D eigenvalue weighted by molar-refractivity contribution is 6.21. The van der Waals surface area contributed by atoms with Crippen molar-refractivity contribution in [3.8, 4) is 0 Å². The molecule has 1 aliphatic rings. The molecule has 0 aliphatic heterocycles. The van der Waals surface area contributed by atoms with E-state index < -0.39 is 6.17 Å². The first-order valence-electron chi connectivity index (χ1n) is 3.16. The van der Waals surface area contributed by atoms with Gasteiger partial charge in [0.25, 0.3) is 0 Å². The maximum absolute atomic E-state index is 12.7. The fourth-order valence-electron chi connectivity index (χ4n) is 0.928. The van der Waals surface area contributed by atoms with Crippen molar-refractivity contribution in [2.75, 3.05) is 0 Å². The van der Waals surface area contributed by atoms with E-state index in [1.165, 1.54) is 0 Å². The molecule has 0 spiro atoms. The van der Waals surface area contributed by atoms with Gasteiger partial charge in [-0.15, -0.1) is 11.6 Å². The average Bonchev–Trinajstić information content (AvgIpc) is 1.83. The largest absolute Gasteiger partial charge is 0.243 e. The molecule has 0 aromatic heterocycles. The van der Waals surface area contributed by atoms with Crippen molar-refractivity contribution in [2.45, 2.75) is 24.9 Å². The van der Waals surface area contributed by atoms with Crippen molar-refractivity contribution in [1.29, 1.82) is 0 Å². The van der Waals surface area contributed by atoms with E-state index in [0.717, 1.165) is 6.42 Å². The van der Waals surface area contributed by atoms with Crippen LogP contribution in [0.1, 0.15) is 13.3 Å². The molecule has 0 bridgehead atoms. The van der Waals surface area contributed by atoms with E-state index in [9.17, 15) is 4.39 Å². The summed E-state index contributed by atoms with van der Waals surface area (Å²) in [6.07, 6.45) is 3.37. The summed E-state index contributed by atoms with van der Waals surface area (Å²) in [6, 6.07) is 0. The predicted octanol–water partition coefficient (Wildman–Crippen LogP) is 2.53. The van der Waals surface area contributed by atoms with Crippen LogP contribution in [0.3, 0.4) is 0 Å². The van der Waals surface area contributed by atoms with Crippen LogP contribution in [-0.4, -0.2) is 11.5 Å². The zero-order valence-electron chi connectivity index (χ0n) is 5.35. The van der Waals surface area contributed by atoms with Crippen LogP contribution in [0.5, 0.6) is 0 Å². The Bertz CT molecular complexity index is 122. The first-order chi connectivity index (χ1) is 4.22. The summed E-state index contributed by atoms with van der Waals surface area (Å²) in [5, 5.41) is -0.00926. The smallest absolute Gasteiger partial charge is 0.122 e. The topological polar surface area (TPSA) is 0 Å². The number of hydrogen-bond acceptors (Lipinski definition) is 0. The van der Waals surface area contributed by atoms with Gasteiger partial charge >= 0.3 is 0 Å². The van der Waals surface area contributed by atoms with Crippen LogP contribution in [0.15, 0.2) is 12.2 Å². The summed E-state index contributed by atoms with van der Waals surface area (Å²) in [6.45, 7) is 1.84. The Morgan fingerprint density at radius 3 is 2.78 bits per heavy atom. The van der Waals surface area contributed by atoms with Gasteiger partial charge in [0.2, 0.25) is 0 Å². The van der Waals surface area contributed by atoms with E-state index in [4.69, 9.17) is 11.6 Å². The minimum absolute atomic E-state index is 0.00926. The second-order valence-electron chi connectivity index (χ2n) is 2.48. The Morgan fingerprint density at radius 2 is 2.33 bits per heavy atom. The predicted molar refractivity (Wildman–Crippen MR) is 37.5 cm³/mol.